The molecule has 9 heteroatoms. The van der Waals surface area contributed by atoms with Gasteiger partial charge in [0.05, 0.1) is 17.2 Å². The van der Waals surface area contributed by atoms with Crippen molar-refractivity contribution in [1.29, 1.82) is 0 Å². The normalized spacial score (nSPS) is 11.3. The number of pyridine rings is 1. The first kappa shape index (κ1) is 25.2. The van der Waals surface area contributed by atoms with E-state index < -0.39 is 10.0 Å². The molecule has 2 N–H and O–H groups in total. The molecular formula is C25H29N3O5S. The summed E-state index contributed by atoms with van der Waals surface area (Å²) >= 11 is 0. The average Bonchev–Trinajstić information content (AvgIpc) is 2.79. The van der Waals surface area contributed by atoms with Gasteiger partial charge in [0.15, 0.2) is 0 Å². The number of nitrogens with one attached hydrogen (secondary N) is 2. The molecule has 3 aromatic rings. The van der Waals surface area contributed by atoms with E-state index in [4.69, 9.17) is 9.47 Å². The number of sulfonamides is 1. The topological polar surface area (TPSA) is 107 Å². The highest BCUT2D eigenvalue weighted by Crippen LogP contribution is 2.27. The summed E-state index contributed by atoms with van der Waals surface area (Å²) < 4.78 is 39.0. The maximum Gasteiger partial charge on any atom is 0.261 e. The number of anilines is 1. The summed E-state index contributed by atoms with van der Waals surface area (Å²) in [6.45, 7) is 4.95. The quantitative estimate of drug-likeness (QED) is 0.395. The van der Waals surface area contributed by atoms with Crippen LogP contribution in [0.5, 0.6) is 11.6 Å². The number of carbonyl (C=O) groups is 1. The zero-order chi connectivity index (χ0) is 24.6. The van der Waals surface area contributed by atoms with Gasteiger partial charge >= 0.3 is 0 Å². The predicted molar refractivity (Wildman–Crippen MR) is 131 cm³/mol. The van der Waals surface area contributed by atoms with Crippen molar-refractivity contribution < 1.29 is 22.7 Å². The molecule has 0 unspecified atom stereocenters. The lowest BCUT2D eigenvalue weighted by molar-refractivity contribution is 0.0934. The van der Waals surface area contributed by atoms with Crippen molar-refractivity contribution in [1.82, 2.24) is 10.3 Å². The van der Waals surface area contributed by atoms with Crippen LogP contribution in [0.1, 0.15) is 29.8 Å². The maximum absolute atomic E-state index is 12.8. The highest BCUT2D eigenvalue weighted by atomic mass is 32.2. The zero-order valence-electron chi connectivity index (χ0n) is 19.4. The summed E-state index contributed by atoms with van der Waals surface area (Å²) in [4.78, 5) is 16.8. The van der Waals surface area contributed by atoms with Gasteiger partial charge in [-0.05, 0) is 54.3 Å². The third-order valence-corrected chi connectivity index (χ3v) is 6.18. The van der Waals surface area contributed by atoms with Crippen LogP contribution < -0.4 is 14.8 Å². The second kappa shape index (κ2) is 11.6. The Hall–Kier alpha value is -3.43. The Bertz CT molecular complexity index is 1210. The van der Waals surface area contributed by atoms with Crippen LogP contribution in [0.4, 0.5) is 5.69 Å². The molecule has 0 bridgehead atoms. The first-order valence-corrected chi connectivity index (χ1v) is 12.4. The minimum atomic E-state index is -3.78. The zero-order valence-corrected chi connectivity index (χ0v) is 20.3. The predicted octanol–water partition coefficient (Wildman–Crippen LogP) is 4.25. The third kappa shape index (κ3) is 7.03. The molecule has 8 nitrogen and oxygen atoms in total. The number of benzene rings is 2. The fraction of sp³-hybridized carbons (Fsp3) is 0.280. The summed E-state index contributed by atoms with van der Waals surface area (Å²) in [5, 5.41) is 2.73. The van der Waals surface area contributed by atoms with Gasteiger partial charge in [-0.25, -0.2) is 13.4 Å². The summed E-state index contributed by atoms with van der Waals surface area (Å²) in [6.07, 6.45) is 2.39. The van der Waals surface area contributed by atoms with Crippen molar-refractivity contribution in [2.24, 2.45) is 5.92 Å². The molecule has 0 aliphatic carbocycles. The lowest BCUT2D eigenvalue weighted by Crippen LogP contribution is -2.27. The van der Waals surface area contributed by atoms with Gasteiger partial charge in [0.2, 0.25) is 5.88 Å². The summed E-state index contributed by atoms with van der Waals surface area (Å²) in [5.74, 6) is 0.576. The lowest BCUT2D eigenvalue weighted by Gasteiger charge is -2.12. The van der Waals surface area contributed by atoms with E-state index in [2.05, 4.69) is 28.9 Å². The van der Waals surface area contributed by atoms with E-state index >= 15 is 0 Å². The lowest BCUT2D eigenvalue weighted by atomic mass is 10.0. The van der Waals surface area contributed by atoms with E-state index in [9.17, 15) is 13.2 Å². The van der Waals surface area contributed by atoms with Crippen LogP contribution in [0.15, 0.2) is 71.8 Å². The Labute approximate surface area is 200 Å². The van der Waals surface area contributed by atoms with Gasteiger partial charge in [-0.1, -0.05) is 32.0 Å². The van der Waals surface area contributed by atoms with Gasteiger partial charge in [-0.15, -0.1) is 0 Å². The number of nitrogens with zero attached hydrogens (tertiary/aromatic N) is 1. The van der Waals surface area contributed by atoms with E-state index in [1.165, 1.54) is 12.3 Å². The van der Waals surface area contributed by atoms with E-state index in [-0.39, 0.29) is 22.2 Å². The van der Waals surface area contributed by atoms with Gasteiger partial charge in [0.1, 0.15) is 11.3 Å². The molecule has 0 saturated heterocycles. The molecule has 0 aliphatic rings. The van der Waals surface area contributed by atoms with Gasteiger partial charge in [0.25, 0.3) is 15.9 Å². The van der Waals surface area contributed by atoms with Crippen molar-refractivity contribution in [3.63, 3.8) is 0 Å². The van der Waals surface area contributed by atoms with Crippen LogP contribution in [0.2, 0.25) is 0 Å². The van der Waals surface area contributed by atoms with Crippen LogP contribution in [-0.2, 0) is 21.2 Å². The summed E-state index contributed by atoms with van der Waals surface area (Å²) in [7, 11) is -2.23. The Kier molecular flexibility index (Phi) is 8.61. The number of carbonyl (C=O) groups excluding carboxylic acids is 1. The van der Waals surface area contributed by atoms with E-state index in [1.807, 2.05) is 12.1 Å². The Morgan fingerprint density at radius 3 is 2.53 bits per heavy atom. The van der Waals surface area contributed by atoms with Crippen molar-refractivity contribution in [2.45, 2.75) is 25.2 Å². The standard InChI is InChI=1S/C25H29N3O5S/c1-18(2)16-19-9-11-22(12-10-19)34(30,31)28-20-6-4-7-21(17-20)33-25-23(8-5-13-27-25)24(29)26-14-15-32-3/h4-13,17-18,28H,14-16H2,1-3H3,(H,26,29). The average molecular weight is 484 g/mol. The van der Waals surface area contributed by atoms with Gasteiger partial charge in [0, 0.05) is 25.9 Å². The Morgan fingerprint density at radius 1 is 1.06 bits per heavy atom. The molecular weight excluding hydrogens is 454 g/mol. The molecule has 0 fully saturated rings. The maximum atomic E-state index is 12.8. The smallest absolute Gasteiger partial charge is 0.261 e. The second-order valence-corrected chi connectivity index (χ2v) is 9.76. The fourth-order valence-corrected chi connectivity index (χ4v) is 4.28. The van der Waals surface area contributed by atoms with Gasteiger partial charge < -0.3 is 14.8 Å². The highest BCUT2D eigenvalue weighted by molar-refractivity contribution is 7.92. The first-order valence-electron chi connectivity index (χ1n) is 10.9. The molecule has 0 spiro atoms. The van der Waals surface area contributed by atoms with Crippen molar-refractivity contribution in [3.8, 4) is 11.6 Å². The van der Waals surface area contributed by atoms with Crippen molar-refractivity contribution in [2.75, 3.05) is 25.0 Å². The molecule has 34 heavy (non-hydrogen) atoms. The number of amides is 1. The van der Waals surface area contributed by atoms with E-state index in [0.717, 1.165) is 12.0 Å². The molecule has 0 saturated carbocycles. The molecule has 3 rings (SSSR count). The monoisotopic (exact) mass is 483 g/mol. The molecule has 1 amide bonds. The highest BCUT2D eigenvalue weighted by Gasteiger charge is 2.17. The van der Waals surface area contributed by atoms with Crippen LogP contribution in [0, 0.1) is 5.92 Å². The fourth-order valence-electron chi connectivity index (χ4n) is 3.23. The van der Waals surface area contributed by atoms with Crippen LogP contribution in [0.25, 0.3) is 0 Å². The van der Waals surface area contributed by atoms with E-state index in [1.54, 1.807) is 49.6 Å². The van der Waals surface area contributed by atoms with Crippen LogP contribution in [0.3, 0.4) is 0 Å². The molecule has 0 radical (unpaired) electrons. The van der Waals surface area contributed by atoms with Crippen molar-refractivity contribution >= 4 is 21.6 Å². The number of hydrogen-bond acceptors (Lipinski definition) is 6. The minimum Gasteiger partial charge on any atom is -0.438 e. The Balaban J connectivity index is 1.74. The second-order valence-electron chi connectivity index (χ2n) is 8.08. The minimum absolute atomic E-state index is 0.109. The van der Waals surface area contributed by atoms with E-state index in [0.29, 0.717) is 30.5 Å². The van der Waals surface area contributed by atoms with Gasteiger partial charge in [-0.3, -0.25) is 9.52 Å². The van der Waals surface area contributed by atoms with Crippen LogP contribution >= 0.6 is 0 Å². The number of aromatic nitrogens is 1. The van der Waals surface area contributed by atoms with Gasteiger partial charge in [-0.2, -0.15) is 0 Å². The number of rotatable bonds is 11. The number of methoxy groups -OCH3 is 1. The summed E-state index contributed by atoms with van der Waals surface area (Å²) in [6, 6.07) is 16.5. The molecule has 180 valence electrons. The molecule has 1 heterocycles. The van der Waals surface area contributed by atoms with Crippen LogP contribution in [-0.4, -0.2) is 39.6 Å². The SMILES string of the molecule is COCCNC(=O)c1cccnc1Oc1cccc(NS(=O)(=O)c2ccc(CC(C)C)cc2)c1. The molecule has 0 atom stereocenters. The molecule has 0 aliphatic heterocycles. The summed E-state index contributed by atoms with van der Waals surface area (Å²) in [5.41, 5.74) is 1.67. The molecule has 1 aromatic heterocycles. The Morgan fingerprint density at radius 2 is 1.82 bits per heavy atom. The van der Waals surface area contributed by atoms with Crippen molar-refractivity contribution in [3.05, 3.63) is 78.0 Å². The molecule has 2 aromatic carbocycles. The third-order valence-electron chi connectivity index (χ3n) is 4.79. The largest absolute Gasteiger partial charge is 0.438 e. The number of hydrogen-bond donors (Lipinski definition) is 2. The number of ether oxygens (including phenoxy) is 2. The first-order chi connectivity index (χ1) is 16.3.